The molecule has 1 saturated carbocycles. The second kappa shape index (κ2) is 12.1. The van der Waals surface area contributed by atoms with E-state index in [1.807, 2.05) is 0 Å². The molecule has 0 radical (unpaired) electrons. The topological polar surface area (TPSA) is 28.1 Å². The molecule has 4 atom stereocenters. The van der Waals surface area contributed by atoms with Crippen LogP contribution in [0.4, 0.5) is 0 Å². The SMILES string of the molecule is CC1CC(O[Si](C)(C)C(C)(C)C)C([Si](C)(C)N2CCCN3CCCN=C32)C1C.[CH3-].[Cl][Cr+][Cl]. The molecule has 0 bridgehead atoms. The van der Waals surface area contributed by atoms with Crippen LogP contribution >= 0.6 is 20.1 Å². The number of hydrogen-bond donors (Lipinski definition) is 0. The molecule has 189 valence electrons. The molecule has 0 aromatic rings. The van der Waals surface area contributed by atoms with Gasteiger partial charge in [0.2, 0.25) is 0 Å². The van der Waals surface area contributed by atoms with Crippen molar-refractivity contribution in [3.05, 3.63) is 7.43 Å². The third-order valence-electron chi connectivity index (χ3n) is 8.41. The summed E-state index contributed by atoms with van der Waals surface area (Å²) in [5.74, 6) is 2.81. The second-order valence-electron chi connectivity index (χ2n) is 11.8. The van der Waals surface area contributed by atoms with Crippen LogP contribution in [0.3, 0.4) is 0 Å². The molecule has 3 aliphatic rings. The summed E-state index contributed by atoms with van der Waals surface area (Å²) in [5, 5.41) is 0.272. The molecule has 32 heavy (non-hydrogen) atoms. The monoisotopic (exact) mass is 560 g/mol. The van der Waals surface area contributed by atoms with E-state index < -0.39 is 16.6 Å². The summed E-state index contributed by atoms with van der Waals surface area (Å²) in [7, 11) is 6.14. The van der Waals surface area contributed by atoms with Crippen molar-refractivity contribution in [2.45, 2.75) is 96.8 Å². The van der Waals surface area contributed by atoms with Gasteiger partial charge in [0.1, 0.15) is 0 Å². The van der Waals surface area contributed by atoms with Gasteiger partial charge in [-0.3, -0.25) is 4.99 Å². The molecule has 2 heterocycles. The fourth-order valence-corrected chi connectivity index (χ4v) is 11.6. The Morgan fingerprint density at radius 2 is 1.59 bits per heavy atom. The van der Waals surface area contributed by atoms with E-state index in [9.17, 15) is 0 Å². The first-order valence-electron chi connectivity index (χ1n) is 11.9. The standard InChI is InChI=1S/C22H45N3OSi2.CH3.2ClH.Cr/c1-17-16-19(26-28(8,9)22(3,4)5)20(18(17)2)27(6,7)25-15-11-14-24-13-10-12-23-21(24)25;;;;/h17-20H,10-16H2,1-9H3;1H3;2*1H;/q;-1;;;+3/p-2. The summed E-state index contributed by atoms with van der Waals surface area (Å²) >= 11 is -0.181. The van der Waals surface area contributed by atoms with Crippen molar-refractivity contribution in [1.29, 1.82) is 0 Å². The normalized spacial score (nSPS) is 28.8. The van der Waals surface area contributed by atoms with Crippen LogP contribution in [0.15, 0.2) is 4.99 Å². The van der Waals surface area contributed by atoms with Gasteiger partial charge >= 0.3 is 33.5 Å². The number of rotatable bonds is 4. The fraction of sp³-hybridized carbons (Fsp3) is 0.913. The molecule has 2 aliphatic heterocycles. The third kappa shape index (κ3) is 6.71. The van der Waals surface area contributed by atoms with Crippen molar-refractivity contribution in [2.75, 3.05) is 26.2 Å². The summed E-state index contributed by atoms with van der Waals surface area (Å²) in [5.41, 5.74) is 0.682. The van der Waals surface area contributed by atoms with Gasteiger partial charge in [-0.25, -0.2) is 0 Å². The van der Waals surface area contributed by atoms with Crippen molar-refractivity contribution in [2.24, 2.45) is 16.8 Å². The van der Waals surface area contributed by atoms with Crippen molar-refractivity contribution >= 4 is 42.6 Å². The first-order chi connectivity index (χ1) is 14.3. The summed E-state index contributed by atoms with van der Waals surface area (Å²) in [6.07, 6.45) is 4.15. The second-order valence-corrected chi connectivity index (χ2v) is 23.1. The maximum atomic E-state index is 7.12. The van der Waals surface area contributed by atoms with Crippen LogP contribution in [0.5, 0.6) is 0 Å². The number of nitrogens with zero attached hydrogens (tertiary/aromatic N) is 3. The predicted molar refractivity (Wildman–Crippen MR) is 144 cm³/mol. The Morgan fingerprint density at radius 3 is 2.16 bits per heavy atom. The number of aliphatic imine (C=N–C) groups is 1. The van der Waals surface area contributed by atoms with Gasteiger partial charge in [0, 0.05) is 37.8 Å². The van der Waals surface area contributed by atoms with E-state index >= 15 is 0 Å². The molecule has 0 N–H and O–H groups in total. The Kier molecular flexibility index (Phi) is 11.7. The molecule has 2 fully saturated rings. The van der Waals surface area contributed by atoms with E-state index in [0.29, 0.717) is 11.6 Å². The van der Waals surface area contributed by atoms with Gasteiger partial charge in [-0.15, -0.1) is 0 Å². The van der Waals surface area contributed by atoms with Gasteiger partial charge in [0.25, 0.3) is 0 Å². The van der Waals surface area contributed by atoms with E-state index in [-0.39, 0.29) is 25.8 Å². The summed E-state index contributed by atoms with van der Waals surface area (Å²) < 4.78 is 9.91. The van der Waals surface area contributed by atoms with Gasteiger partial charge in [-0.1, -0.05) is 47.7 Å². The Hall–Kier alpha value is 0.776. The first kappa shape index (κ1) is 30.8. The van der Waals surface area contributed by atoms with Crippen LogP contribution in [0.25, 0.3) is 0 Å². The van der Waals surface area contributed by atoms with Crippen molar-refractivity contribution in [3.8, 4) is 0 Å². The number of guanidine groups is 1. The molecule has 0 aromatic carbocycles. The fourth-order valence-electron chi connectivity index (χ4n) is 5.55. The number of hydrogen-bond acceptors (Lipinski definition) is 4. The van der Waals surface area contributed by atoms with Gasteiger partial charge in [-0.05, 0) is 49.2 Å². The quantitative estimate of drug-likeness (QED) is 0.268. The Labute approximate surface area is 216 Å². The van der Waals surface area contributed by atoms with Crippen LogP contribution in [0, 0.1) is 19.3 Å². The molecular weight excluding hydrogens is 513 g/mol. The van der Waals surface area contributed by atoms with Crippen LogP contribution in [0.1, 0.15) is 53.9 Å². The van der Waals surface area contributed by atoms with Gasteiger partial charge in [-0.2, -0.15) is 0 Å². The van der Waals surface area contributed by atoms with Gasteiger partial charge in [0.05, 0.1) is 0 Å². The van der Waals surface area contributed by atoms with E-state index in [4.69, 9.17) is 29.5 Å². The molecule has 9 heteroatoms. The zero-order chi connectivity index (χ0) is 23.6. The van der Waals surface area contributed by atoms with Crippen molar-refractivity contribution in [1.82, 2.24) is 9.47 Å². The van der Waals surface area contributed by atoms with Gasteiger partial charge < -0.3 is 21.3 Å². The molecule has 0 aromatic heterocycles. The van der Waals surface area contributed by atoms with Gasteiger partial charge in [0.15, 0.2) is 22.5 Å². The van der Waals surface area contributed by atoms with Crippen molar-refractivity contribution < 1.29 is 17.8 Å². The first-order valence-corrected chi connectivity index (χ1v) is 21.4. The molecule has 0 amide bonds. The third-order valence-corrected chi connectivity index (χ3v) is 17.3. The zero-order valence-corrected chi connectivity index (χ0v) is 27.0. The molecule has 4 unspecified atom stereocenters. The Bertz CT molecular complexity index is 631. The summed E-state index contributed by atoms with van der Waals surface area (Å²) in [4.78, 5) is 7.59. The maximum absolute atomic E-state index is 7.12. The molecule has 0 spiro atoms. The average molecular weight is 562 g/mol. The number of fused-ring (bicyclic) bond motifs is 1. The molecule has 4 nitrogen and oxygen atoms in total. The van der Waals surface area contributed by atoms with Crippen LogP contribution in [-0.2, 0) is 17.8 Å². The summed E-state index contributed by atoms with van der Waals surface area (Å²) in [6.45, 7) is 26.7. The minimum atomic E-state index is -1.77. The van der Waals surface area contributed by atoms with E-state index in [1.165, 1.54) is 44.9 Å². The van der Waals surface area contributed by atoms with Crippen LogP contribution < -0.4 is 0 Å². The van der Waals surface area contributed by atoms with Crippen LogP contribution in [0.2, 0.25) is 36.8 Å². The predicted octanol–water partition coefficient (Wildman–Crippen LogP) is 7.22. The molecule has 1 aliphatic carbocycles. The molecule has 3 rings (SSSR count). The Morgan fingerprint density at radius 1 is 1.03 bits per heavy atom. The van der Waals surface area contributed by atoms with Crippen molar-refractivity contribution in [3.63, 3.8) is 0 Å². The average Bonchev–Trinajstić information content (AvgIpc) is 2.94. The minimum absolute atomic E-state index is 0. The summed E-state index contributed by atoms with van der Waals surface area (Å²) in [6, 6.07) is 0. The molecular formula is C23H48Cl2CrN3OSi2. The number of halogens is 2. The van der Waals surface area contributed by atoms with E-state index in [1.54, 1.807) is 0 Å². The molecule has 1 saturated heterocycles. The van der Waals surface area contributed by atoms with E-state index in [2.05, 4.69) is 70.3 Å². The van der Waals surface area contributed by atoms with E-state index in [0.717, 1.165) is 18.4 Å². The zero-order valence-electron chi connectivity index (χ0n) is 22.2. The van der Waals surface area contributed by atoms with Crippen LogP contribution in [-0.4, -0.2) is 64.3 Å². The Balaban J connectivity index is 0.00000121.